The van der Waals surface area contributed by atoms with E-state index in [0.29, 0.717) is 17.8 Å². The second kappa shape index (κ2) is 25.9. The fourth-order valence-electron chi connectivity index (χ4n) is 9.67. The SMILES string of the molecule is CCCC[N+](CCCC)(CCCC)CCCC.CCCC[N+](CCCC)(CCCC)CCCC.O=P([O-])([O-])OC12CC3CC(CC(C3)C1)C2. The van der Waals surface area contributed by atoms with Crippen LogP contribution in [0.5, 0.6) is 0 Å². The van der Waals surface area contributed by atoms with Crippen molar-refractivity contribution in [1.82, 2.24) is 0 Å². The molecule has 0 atom stereocenters. The predicted molar refractivity (Wildman–Crippen MR) is 208 cm³/mol. The van der Waals surface area contributed by atoms with Gasteiger partial charge in [0.1, 0.15) is 0 Å². The van der Waals surface area contributed by atoms with Gasteiger partial charge in [-0.2, -0.15) is 0 Å². The predicted octanol–water partition coefficient (Wildman–Crippen LogP) is 10.8. The lowest BCUT2D eigenvalue weighted by molar-refractivity contribution is -0.929. The lowest BCUT2D eigenvalue weighted by Crippen LogP contribution is -2.52. The molecule has 4 aliphatic carbocycles. The summed E-state index contributed by atoms with van der Waals surface area (Å²) in [5.74, 6) is 1.80. The van der Waals surface area contributed by atoms with E-state index >= 15 is 0 Å². The smallest absolute Gasteiger partial charge is 0.0786 e. The van der Waals surface area contributed by atoms with Gasteiger partial charge in [0.15, 0.2) is 0 Å². The van der Waals surface area contributed by atoms with Crippen molar-refractivity contribution in [1.29, 1.82) is 0 Å². The monoisotopic (exact) mass is 715 g/mol. The van der Waals surface area contributed by atoms with Crippen molar-refractivity contribution in [3.63, 3.8) is 0 Å². The first-order valence-electron chi connectivity index (χ1n) is 21.9. The third-order valence-corrected chi connectivity index (χ3v) is 12.8. The third-order valence-electron chi connectivity index (χ3n) is 12.2. The molecule has 0 spiro atoms. The summed E-state index contributed by atoms with van der Waals surface area (Å²) >= 11 is 0. The maximum atomic E-state index is 10.8. The van der Waals surface area contributed by atoms with Gasteiger partial charge in [-0.25, -0.2) is 0 Å². The average molecular weight is 715 g/mol. The molecule has 0 N–H and O–H groups in total. The van der Waals surface area contributed by atoms with Crippen LogP contribution in [-0.4, -0.2) is 66.9 Å². The van der Waals surface area contributed by atoms with Crippen LogP contribution >= 0.6 is 7.82 Å². The summed E-state index contributed by atoms with van der Waals surface area (Å²) in [6, 6.07) is 0. The highest BCUT2D eigenvalue weighted by molar-refractivity contribution is 7.43. The molecule has 0 saturated heterocycles. The van der Waals surface area contributed by atoms with Crippen LogP contribution in [0.2, 0.25) is 0 Å². The average Bonchev–Trinajstić information content (AvgIpc) is 3.06. The first kappa shape index (κ1) is 47.1. The van der Waals surface area contributed by atoms with Crippen molar-refractivity contribution in [2.45, 2.75) is 202 Å². The maximum Gasteiger partial charge on any atom is 0.0786 e. The van der Waals surface area contributed by atoms with Gasteiger partial charge in [0, 0.05) is 0 Å². The van der Waals surface area contributed by atoms with Crippen LogP contribution in [0.1, 0.15) is 197 Å². The van der Waals surface area contributed by atoms with Crippen LogP contribution in [-0.2, 0) is 9.09 Å². The number of unbranched alkanes of at least 4 members (excludes halogenated alkanes) is 8. The quantitative estimate of drug-likeness (QED) is 0.0660. The van der Waals surface area contributed by atoms with Crippen LogP contribution in [0, 0.1) is 17.8 Å². The Balaban J connectivity index is 0.000000367. The lowest BCUT2D eigenvalue weighted by Gasteiger charge is -2.58. The molecule has 4 aliphatic rings. The van der Waals surface area contributed by atoms with Gasteiger partial charge in [-0.15, -0.1) is 0 Å². The molecule has 0 radical (unpaired) electrons. The summed E-state index contributed by atoms with van der Waals surface area (Å²) < 4.78 is 18.5. The van der Waals surface area contributed by atoms with Crippen LogP contribution in [0.15, 0.2) is 0 Å². The molecule has 7 heteroatoms. The minimum Gasteiger partial charge on any atom is -0.790 e. The van der Waals surface area contributed by atoms with E-state index in [1.165, 1.54) is 183 Å². The van der Waals surface area contributed by atoms with Gasteiger partial charge < -0.3 is 27.8 Å². The summed E-state index contributed by atoms with van der Waals surface area (Å²) in [4.78, 5) is 21.5. The zero-order valence-electron chi connectivity index (χ0n) is 34.4. The topological polar surface area (TPSA) is 72.4 Å². The van der Waals surface area contributed by atoms with Crippen molar-refractivity contribution in [2.24, 2.45) is 17.8 Å². The Morgan fingerprint density at radius 2 is 0.673 bits per heavy atom. The van der Waals surface area contributed by atoms with Crippen molar-refractivity contribution in [2.75, 3.05) is 52.4 Å². The summed E-state index contributed by atoms with van der Waals surface area (Å²) in [5.41, 5.74) is -0.603. The number of phosphoric ester groups is 1. The molecule has 0 aromatic heterocycles. The largest absolute Gasteiger partial charge is 0.790 e. The molecule has 4 bridgehead atoms. The van der Waals surface area contributed by atoms with E-state index in [4.69, 9.17) is 4.52 Å². The molecule has 0 unspecified atom stereocenters. The Kier molecular flexibility index (Phi) is 24.9. The molecule has 0 aromatic rings. The summed E-state index contributed by atoms with van der Waals surface area (Å²) in [6.45, 7) is 30.0. The van der Waals surface area contributed by atoms with Gasteiger partial charge in [0.05, 0.1) is 65.8 Å². The fraction of sp³-hybridized carbons (Fsp3) is 1.00. The van der Waals surface area contributed by atoms with E-state index in [1.54, 1.807) is 0 Å². The number of hydrogen-bond donors (Lipinski definition) is 0. The van der Waals surface area contributed by atoms with Crippen LogP contribution in [0.4, 0.5) is 0 Å². The fourth-order valence-corrected chi connectivity index (χ4v) is 10.4. The minimum absolute atomic E-state index is 0.600. The van der Waals surface area contributed by atoms with Gasteiger partial charge in [-0.05, 0) is 108 Å². The molecule has 0 heterocycles. The summed E-state index contributed by atoms with van der Waals surface area (Å²) in [5, 5.41) is 0. The van der Waals surface area contributed by atoms with E-state index in [1.807, 2.05) is 0 Å². The second-order valence-electron chi connectivity index (χ2n) is 16.9. The Hall–Kier alpha value is 0.0300. The maximum absolute atomic E-state index is 10.8. The minimum atomic E-state index is -4.81. The van der Waals surface area contributed by atoms with E-state index in [9.17, 15) is 14.4 Å². The van der Waals surface area contributed by atoms with Gasteiger partial charge in [0.25, 0.3) is 0 Å². The van der Waals surface area contributed by atoms with Gasteiger partial charge >= 0.3 is 0 Å². The number of nitrogens with zero attached hydrogens (tertiary/aromatic N) is 2. The van der Waals surface area contributed by atoms with Crippen LogP contribution in [0.25, 0.3) is 0 Å². The molecule has 49 heavy (non-hydrogen) atoms. The zero-order chi connectivity index (χ0) is 36.7. The number of quaternary nitrogens is 2. The lowest BCUT2D eigenvalue weighted by atomic mass is 9.54. The molecule has 0 aliphatic heterocycles. The van der Waals surface area contributed by atoms with Crippen molar-refractivity contribution in [3.8, 4) is 0 Å². The molecule has 0 aromatic carbocycles. The molecular weight excluding hydrogens is 627 g/mol. The molecule has 6 nitrogen and oxygen atoms in total. The third kappa shape index (κ3) is 19.1. The Bertz CT molecular complexity index is 700. The highest BCUT2D eigenvalue weighted by Gasteiger charge is 2.52. The van der Waals surface area contributed by atoms with Crippen LogP contribution in [0.3, 0.4) is 0 Å². The highest BCUT2D eigenvalue weighted by Crippen LogP contribution is 2.59. The molecule has 294 valence electrons. The molecule has 0 amide bonds. The van der Waals surface area contributed by atoms with E-state index in [2.05, 4.69) is 55.4 Å². The van der Waals surface area contributed by atoms with Crippen LogP contribution < -0.4 is 9.79 Å². The molecule has 4 fully saturated rings. The first-order chi connectivity index (χ1) is 23.4. The summed E-state index contributed by atoms with van der Waals surface area (Å²) in [6.07, 6.45) is 28.1. The Morgan fingerprint density at radius 3 is 0.837 bits per heavy atom. The first-order valence-corrected chi connectivity index (χ1v) is 23.3. The molecule has 4 rings (SSSR count). The molecule has 4 saturated carbocycles. The normalized spacial score (nSPS) is 23.2. The highest BCUT2D eigenvalue weighted by atomic mass is 31.2. The standard InChI is InChI=1S/2C16H36N.C10H17O4P/c2*1-5-9-13-17(14-10-6-2,15-11-7-3)16-12-8-4;11-15(12,13)14-10-4-7-1-8(5-10)3-9(2-7)6-10/h2*5-16H2,1-4H3;7-9H,1-6H2,(H2,11,12,13)/q2*+1;/p-2. The van der Waals surface area contributed by atoms with Gasteiger partial charge in [-0.1, -0.05) is 107 Å². The van der Waals surface area contributed by atoms with Crippen molar-refractivity contribution in [3.05, 3.63) is 0 Å². The Morgan fingerprint density at radius 1 is 0.469 bits per heavy atom. The zero-order valence-corrected chi connectivity index (χ0v) is 35.3. The van der Waals surface area contributed by atoms with Gasteiger partial charge in [0.2, 0.25) is 0 Å². The van der Waals surface area contributed by atoms with E-state index in [0.717, 1.165) is 19.3 Å². The number of phosphoric acid groups is 1. The van der Waals surface area contributed by atoms with E-state index in [-0.39, 0.29) is 0 Å². The molecular formula is C42H87N2O4P. The van der Waals surface area contributed by atoms with E-state index < -0.39 is 13.4 Å². The van der Waals surface area contributed by atoms with Gasteiger partial charge in [-0.3, -0.25) is 0 Å². The van der Waals surface area contributed by atoms with Crippen molar-refractivity contribution >= 4 is 7.82 Å². The number of rotatable bonds is 26. The summed E-state index contributed by atoms with van der Waals surface area (Å²) in [7, 11) is -4.81. The second-order valence-corrected chi connectivity index (χ2v) is 18.0. The van der Waals surface area contributed by atoms with Crippen molar-refractivity contribution < 1.29 is 27.8 Å². The Labute approximate surface area is 307 Å². The number of hydrogen-bond acceptors (Lipinski definition) is 4.